The van der Waals surface area contributed by atoms with Crippen molar-refractivity contribution < 1.29 is 4.79 Å². The van der Waals surface area contributed by atoms with E-state index in [-0.39, 0.29) is 18.5 Å². The molecule has 1 aromatic heterocycles. The standard InChI is InChI=1S/C19H17ClN2OS/c20-15-8-10-16(11-9-15)21-13-18(23)22-19(17-7-4-12-24-17)14-5-2-1-3-6-14/h1-12,19,21H,13H2,(H,22,23)/t19-/m1/s1. The Labute approximate surface area is 150 Å². The lowest BCUT2D eigenvalue weighted by Crippen LogP contribution is -2.33. The summed E-state index contributed by atoms with van der Waals surface area (Å²) in [5, 5.41) is 8.90. The van der Waals surface area contributed by atoms with Crippen molar-refractivity contribution in [3.05, 3.63) is 87.6 Å². The third-order valence-corrected chi connectivity index (χ3v) is 4.75. The van der Waals surface area contributed by atoms with Gasteiger partial charge in [0.05, 0.1) is 12.6 Å². The van der Waals surface area contributed by atoms with Crippen LogP contribution in [-0.4, -0.2) is 12.5 Å². The van der Waals surface area contributed by atoms with Crippen molar-refractivity contribution in [2.45, 2.75) is 6.04 Å². The van der Waals surface area contributed by atoms with Crippen molar-refractivity contribution in [2.24, 2.45) is 0 Å². The Morgan fingerprint density at radius 2 is 1.75 bits per heavy atom. The zero-order valence-corrected chi connectivity index (χ0v) is 14.5. The maximum atomic E-state index is 12.4. The van der Waals surface area contributed by atoms with Crippen LogP contribution in [0, 0.1) is 0 Å². The van der Waals surface area contributed by atoms with Crippen LogP contribution in [0.15, 0.2) is 72.1 Å². The fourth-order valence-corrected chi connectivity index (χ4v) is 3.31. The molecule has 0 unspecified atom stereocenters. The molecule has 0 aliphatic rings. The molecule has 0 fully saturated rings. The second kappa shape index (κ2) is 7.99. The van der Waals surface area contributed by atoms with E-state index in [2.05, 4.69) is 10.6 Å². The number of nitrogens with one attached hydrogen (secondary N) is 2. The number of thiophene rings is 1. The van der Waals surface area contributed by atoms with Crippen LogP contribution < -0.4 is 10.6 Å². The van der Waals surface area contributed by atoms with E-state index in [0.29, 0.717) is 5.02 Å². The van der Waals surface area contributed by atoms with Crippen molar-refractivity contribution in [1.29, 1.82) is 0 Å². The molecule has 2 aromatic carbocycles. The molecule has 0 aliphatic carbocycles. The monoisotopic (exact) mass is 356 g/mol. The van der Waals surface area contributed by atoms with Crippen LogP contribution >= 0.6 is 22.9 Å². The summed E-state index contributed by atoms with van der Waals surface area (Å²) in [6.07, 6.45) is 0. The van der Waals surface area contributed by atoms with E-state index in [1.165, 1.54) is 0 Å². The molecular formula is C19H17ClN2OS. The summed E-state index contributed by atoms with van der Waals surface area (Å²) < 4.78 is 0. The molecule has 5 heteroatoms. The van der Waals surface area contributed by atoms with Gasteiger partial charge in [0, 0.05) is 15.6 Å². The molecule has 24 heavy (non-hydrogen) atoms. The smallest absolute Gasteiger partial charge is 0.240 e. The predicted octanol–water partition coefficient (Wildman–Crippen LogP) is 4.72. The van der Waals surface area contributed by atoms with E-state index in [1.807, 2.05) is 60.0 Å². The van der Waals surface area contributed by atoms with E-state index in [4.69, 9.17) is 11.6 Å². The van der Waals surface area contributed by atoms with E-state index in [0.717, 1.165) is 16.1 Å². The summed E-state index contributed by atoms with van der Waals surface area (Å²) in [4.78, 5) is 13.5. The minimum Gasteiger partial charge on any atom is -0.376 e. The second-order valence-electron chi connectivity index (χ2n) is 5.29. The van der Waals surface area contributed by atoms with Gasteiger partial charge in [-0.3, -0.25) is 4.79 Å². The first-order valence-electron chi connectivity index (χ1n) is 7.59. The minimum absolute atomic E-state index is 0.0628. The third kappa shape index (κ3) is 4.37. The van der Waals surface area contributed by atoms with E-state index in [1.54, 1.807) is 23.5 Å². The predicted molar refractivity (Wildman–Crippen MR) is 101 cm³/mol. The Balaban J connectivity index is 1.66. The molecule has 0 bridgehead atoms. The summed E-state index contributed by atoms with van der Waals surface area (Å²) in [6.45, 7) is 0.205. The fraction of sp³-hybridized carbons (Fsp3) is 0.105. The number of carbonyl (C=O) groups is 1. The van der Waals surface area contributed by atoms with Gasteiger partial charge in [0.2, 0.25) is 5.91 Å². The molecule has 0 aliphatic heterocycles. The number of anilines is 1. The van der Waals surface area contributed by atoms with Crippen LogP contribution in [0.25, 0.3) is 0 Å². The van der Waals surface area contributed by atoms with Crippen molar-refractivity contribution in [1.82, 2.24) is 5.32 Å². The van der Waals surface area contributed by atoms with Gasteiger partial charge in [0.1, 0.15) is 0 Å². The van der Waals surface area contributed by atoms with Crippen molar-refractivity contribution in [3.8, 4) is 0 Å². The highest BCUT2D eigenvalue weighted by atomic mass is 35.5. The number of benzene rings is 2. The number of rotatable bonds is 6. The maximum Gasteiger partial charge on any atom is 0.240 e. The highest BCUT2D eigenvalue weighted by molar-refractivity contribution is 7.10. The number of halogens is 1. The molecule has 3 nitrogen and oxygen atoms in total. The third-order valence-electron chi connectivity index (χ3n) is 3.56. The van der Waals surface area contributed by atoms with Crippen molar-refractivity contribution in [2.75, 3.05) is 11.9 Å². The Hall–Kier alpha value is -2.30. The van der Waals surface area contributed by atoms with E-state index >= 15 is 0 Å². The topological polar surface area (TPSA) is 41.1 Å². The number of hydrogen-bond donors (Lipinski definition) is 2. The highest BCUT2D eigenvalue weighted by Crippen LogP contribution is 2.25. The van der Waals surface area contributed by atoms with Crippen LogP contribution in [0.4, 0.5) is 5.69 Å². The van der Waals surface area contributed by atoms with Gasteiger partial charge in [-0.2, -0.15) is 0 Å². The molecule has 122 valence electrons. The van der Waals surface area contributed by atoms with Gasteiger partial charge >= 0.3 is 0 Å². The molecular weight excluding hydrogens is 340 g/mol. The van der Waals surface area contributed by atoms with Gasteiger partial charge in [-0.1, -0.05) is 48.0 Å². The normalized spacial score (nSPS) is 11.7. The van der Waals surface area contributed by atoms with Gasteiger partial charge < -0.3 is 10.6 Å². The molecule has 0 spiro atoms. The summed E-state index contributed by atoms with van der Waals surface area (Å²) in [7, 11) is 0. The van der Waals surface area contributed by atoms with E-state index < -0.39 is 0 Å². The molecule has 3 aromatic rings. The highest BCUT2D eigenvalue weighted by Gasteiger charge is 2.17. The quantitative estimate of drug-likeness (QED) is 0.671. The summed E-state index contributed by atoms with van der Waals surface area (Å²) in [5.41, 5.74) is 1.93. The Bertz CT molecular complexity index is 773. The zero-order valence-electron chi connectivity index (χ0n) is 12.9. The Morgan fingerprint density at radius 3 is 2.42 bits per heavy atom. The SMILES string of the molecule is O=C(CNc1ccc(Cl)cc1)N[C@H](c1ccccc1)c1cccs1. The molecule has 2 N–H and O–H groups in total. The van der Waals surface area contributed by atoms with Crippen molar-refractivity contribution >= 4 is 34.5 Å². The average Bonchev–Trinajstić information content (AvgIpc) is 3.14. The summed E-state index contributed by atoms with van der Waals surface area (Å²) >= 11 is 7.50. The summed E-state index contributed by atoms with van der Waals surface area (Å²) in [5.74, 6) is -0.0628. The van der Waals surface area contributed by atoms with E-state index in [9.17, 15) is 4.79 Å². The lowest BCUT2D eigenvalue weighted by molar-refractivity contribution is -0.119. The molecule has 3 rings (SSSR count). The van der Waals surface area contributed by atoms with Crippen LogP contribution in [0.1, 0.15) is 16.5 Å². The Morgan fingerprint density at radius 1 is 1.00 bits per heavy atom. The van der Waals surface area contributed by atoms with Gasteiger partial charge in [0.25, 0.3) is 0 Å². The van der Waals surface area contributed by atoms with Crippen molar-refractivity contribution in [3.63, 3.8) is 0 Å². The van der Waals surface area contributed by atoms with Gasteiger partial charge in [0.15, 0.2) is 0 Å². The first-order valence-corrected chi connectivity index (χ1v) is 8.85. The van der Waals surface area contributed by atoms with Crippen LogP contribution in [0.5, 0.6) is 0 Å². The molecule has 0 saturated carbocycles. The number of hydrogen-bond acceptors (Lipinski definition) is 3. The molecule has 0 radical (unpaired) electrons. The summed E-state index contributed by atoms with van der Waals surface area (Å²) in [6, 6.07) is 21.2. The lowest BCUT2D eigenvalue weighted by Gasteiger charge is -2.18. The number of amides is 1. The molecule has 1 heterocycles. The van der Waals surface area contributed by atoms with Gasteiger partial charge in [-0.05, 0) is 41.3 Å². The fourth-order valence-electron chi connectivity index (χ4n) is 2.38. The maximum absolute atomic E-state index is 12.4. The lowest BCUT2D eigenvalue weighted by atomic mass is 10.1. The Kier molecular flexibility index (Phi) is 5.51. The first kappa shape index (κ1) is 16.6. The van der Waals surface area contributed by atoms with Gasteiger partial charge in [-0.25, -0.2) is 0 Å². The minimum atomic E-state index is -0.134. The largest absolute Gasteiger partial charge is 0.376 e. The molecule has 1 amide bonds. The molecule has 1 atom stereocenters. The number of carbonyl (C=O) groups excluding carboxylic acids is 1. The second-order valence-corrected chi connectivity index (χ2v) is 6.70. The van der Waals surface area contributed by atoms with Gasteiger partial charge in [-0.15, -0.1) is 11.3 Å². The van der Waals surface area contributed by atoms with Crippen LogP contribution in [0.3, 0.4) is 0 Å². The van der Waals surface area contributed by atoms with Crippen LogP contribution in [0.2, 0.25) is 5.02 Å². The zero-order chi connectivity index (χ0) is 16.8. The average molecular weight is 357 g/mol. The molecule has 0 saturated heterocycles. The first-order chi connectivity index (χ1) is 11.7. The van der Waals surface area contributed by atoms with Crippen LogP contribution in [-0.2, 0) is 4.79 Å².